The standard InChI is InChI=1S/C23H43NO16/c24-4-2-1-3-5-35-21-17(33)19(13(29)10(7-26)36-21)40-23-18(34)20(14(30)11(8-27)38-23)39-22-16(32)15(31)12(28)9(6-25)37-22/h9-23,25-34H,1-8,24H2/t9?,10?,11?,12-,13-,14-,15+,16?,17?,18?,19+,20+,21+,22-,23-/m1/s1. The summed E-state index contributed by atoms with van der Waals surface area (Å²) in [6.45, 7) is -1.55. The van der Waals surface area contributed by atoms with Gasteiger partial charge in [0.2, 0.25) is 0 Å². The summed E-state index contributed by atoms with van der Waals surface area (Å²) in [7, 11) is 0. The van der Waals surface area contributed by atoms with Gasteiger partial charge in [0.25, 0.3) is 0 Å². The second-order valence-electron chi connectivity index (χ2n) is 10.0. The van der Waals surface area contributed by atoms with Gasteiger partial charge in [-0.05, 0) is 25.8 Å². The lowest BCUT2D eigenvalue weighted by molar-refractivity contribution is -0.381. The monoisotopic (exact) mass is 589 g/mol. The second-order valence-corrected chi connectivity index (χ2v) is 10.0. The van der Waals surface area contributed by atoms with Gasteiger partial charge < -0.3 is 85.2 Å². The highest BCUT2D eigenvalue weighted by Crippen LogP contribution is 2.32. The van der Waals surface area contributed by atoms with Crippen molar-refractivity contribution in [3.05, 3.63) is 0 Å². The van der Waals surface area contributed by atoms with E-state index in [-0.39, 0.29) is 6.61 Å². The summed E-state index contributed by atoms with van der Waals surface area (Å²) in [4.78, 5) is 0. The van der Waals surface area contributed by atoms with Gasteiger partial charge in [0.05, 0.1) is 19.8 Å². The molecule has 0 aromatic rings. The van der Waals surface area contributed by atoms with Crippen molar-refractivity contribution < 1.29 is 79.5 Å². The van der Waals surface area contributed by atoms with Crippen molar-refractivity contribution in [1.29, 1.82) is 0 Å². The zero-order chi connectivity index (χ0) is 29.6. The minimum absolute atomic E-state index is 0.166. The molecule has 3 aliphatic rings. The molecule has 0 aromatic heterocycles. The Morgan fingerprint density at radius 1 is 0.500 bits per heavy atom. The van der Waals surface area contributed by atoms with Crippen LogP contribution in [0.25, 0.3) is 0 Å². The van der Waals surface area contributed by atoms with Crippen molar-refractivity contribution >= 4 is 0 Å². The fraction of sp³-hybridized carbons (Fsp3) is 1.00. The molecule has 3 rings (SSSR count). The van der Waals surface area contributed by atoms with Crippen LogP contribution in [0.1, 0.15) is 19.3 Å². The van der Waals surface area contributed by atoms with Gasteiger partial charge in [-0.2, -0.15) is 0 Å². The fourth-order valence-electron chi connectivity index (χ4n) is 4.79. The molecule has 40 heavy (non-hydrogen) atoms. The van der Waals surface area contributed by atoms with Gasteiger partial charge in [0, 0.05) is 6.61 Å². The zero-order valence-corrected chi connectivity index (χ0v) is 21.8. The molecule has 6 unspecified atom stereocenters. The second kappa shape index (κ2) is 15.7. The average molecular weight is 590 g/mol. The molecule has 0 amide bonds. The molecule has 0 aliphatic carbocycles. The highest BCUT2D eigenvalue weighted by Gasteiger charge is 2.53. The Hall–Kier alpha value is -0.680. The number of ether oxygens (including phenoxy) is 6. The quantitative estimate of drug-likeness (QED) is 0.0890. The highest BCUT2D eigenvalue weighted by atomic mass is 16.8. The summed E-state index contributed by atoms with van der Waals surface area (Å²) in [5.41, 5.74) is 5.47. The number of rotatable bonds is 13. The van der Waals surface area contributed by atoms with Gasteiger partial charge in [-0.25, -0.2) is 0 Å². The fourth-order valence-corrected chi connectivity index (χ4v) is 4.79. The van der Waals surface area contributed by atoms with E-state index in [2.05, 4.69) is 0 Å². The van der Waals surface area contributed by atoms with E-state index in [4.69, 9.17) is 34.2 Å². The van der Waals surface area contributed by atoms with Crippen molar-refractivity contribution in [3.63, 3.8) is 0 Å². The number of nitrogens with two attached hydrogens (primary N) is 1. The molecule has 3 saturated heterocycles. The predicted octanol–water partition coefficient (Wildman–Crippen LogP) is -6.42. The number of unbranched alkanes of at least 4 members (excludes halogenated alkanes) is 2. The molecular weight excluding hydrogens is 546 g/mol. The third-order valence-electron chi connectivity index (χ3n) is 7.21. The summed E-state index contributed by atoms with van der Waals surface area (Å²) >= 11 is 0. The molecule has 3 fully saturated rings. The predicted molar refractivity (Wildman–Crippen MR) is 128 cm³/mol. The van der Waals surface area contributed by atoms with Crippen molar-refractivity contribution in [3.8, 4) is 0 Å². The first-order valence-corrected chi connectivity index (χ1v) is 13.3. The molecule has 0 spiro atoms. The van der Waals surface area contributed by atoms with E-state index in [1.165, 1.54) is 0 Å². The lowest BCUT2D eigenvalue weighted by atomic mass is 9.96. The molecule has 15 atom stereocenters. The Kier molecular flexibility index (Phi) is 13.3. The lowest BCUT2D eigenvalue weighted by Crippen LogP contribution is -2.67. The summed E-state index contributed by atoms with van der Waals surface area (Å²) < 4.78 is 33.0. The molecule has 3 aliphatic heterocycles. The smallest absolute Gasteiger partial charge is 0.187 e. The molecule has 17 nitrogen and oxygen atoms in total. The van der Waals surface area contributed by atoms with Crippen molar-refractivity contribution in [2.75, 3.05) is 33.0 Å². The van der Waals surface area contributed by atoms with E-state index in [9.17, 15) is 51.1 Å². The normalized spacial score (nSPS) is 46.4. The van der Waals surface area contributed by atoms with E-state index in [1.807, 2.05) is 0 Å². The number of hydrogen-bond donors (Lipinski definition) is 11. The van der Waals surface area contributed by atoms with Crippen LogP contribution in [-0.4, -0.2) is 176 Å². The topological polar surface area (TPSA) is 284 Å². The van der Waals surface area contributed by atoms with Gasteiger partial charge in [0.15, 0.2) is 18.9 Å². The summed E-state index contributed by atoms with van der Waals surface area (Å²) in [6.07, 6.45) is -22.2. The maximum Gasteiger partial charge on any atom is 0.187 e. The van der Waals surface area contributed by atoms with E-state index in [0.29, 0.717) is 13.0 Å². The third kappa shape index (κ3) is 7.63. The van der Waals surface area contributed by atoms with Crippen LogP contribution >= 0.6 is 0 Å². The van der Waals surface area contributed by atoms with Gasteiger partial charge in [-0.1, -0.05) is 0 Å². The Labute approximate surface area is 230 Å². The van der Waals surface area contributed by atoms with Crippen LogP contribution in [0, 0.1) is 0 Å². The van der Waals surface area contributed by atoms with Gasteiger partial charge >= 0.3 is 0 Å². The molecule has 236 valence electrons. The van der Waals surface area contributed by atoms with Crippen molar-refractivity contribution in [1.82, 2.24) is 0 Å². The summed E-state index contributed by atoms with van der Waals surface area (Å²) in [5, 5.41) is 102. The van der Waals surface area contributed by atoms with Gasteiger partial charge in [-0.15, -0.1) is 0 Å². The van der Waals surface area contributed by atoms with Crippen molar-refractivity contribution in [2.24, 2.45) is 5.73 Å². The number of aliphatic hydroxyl groups excluding tert-OH is 10. The molecule has 0 aromatic carbocycles. The molecule has 3 heterocycles. The molecular formula is C23H43NO16. The van der Waals surface area contributed by atoms with Crippen LogP contribution in [0.15, 0.2) is 0 Å². The SMILES string of the molecule is NCCCCCO[C@H]1OC(CO)[C@@H](O)[C@H](O[C@H]2OC(CO)[C@@H](O)[C@H](O[C@H]3OC(CO)[C@@H](O)[C@H](O)C3O)C2O)C1O. The van der Waals surface area contributed by atoms with Gasteiger partial charge in [0.1, 0.15) is 73.2 Å². The third-order valence-corrected chi connectivity index (χ3v) is 7.21. The van der Waals surface area contributed by atoms with E-state index < -0.39 is 112 Å². The number of hydrogen-bond acceptors (Lipinski definition) is 17. The Balaban J connectivity index is 1.74. The highest BCUT2D eigenvalue weighted by molar-refractivity contribution is 4.96. The van der Waals surface area contributed by atoms with E-state index in [1.54, 1.807) is 0 Å². The van der Waals surface area contributed by atoms with E-state index >= 15 is 0 Å². The van der Waals surface area contributed by atoms with Crippen LogP contribution in [0.5, 0.6) is 0 Å². The molecule has 0 bridgehead atoms. The first kappa shape index (κ1) is 33.8. The number of aliphatic hydroxyl groups is 10. The van der Waals surface area contributed by atoms with Crippen LogP contribution in [0.2, 0.25) is 0 Å². The first-order chi connectivity index (χ1) is 19.1. The van der Waals surface area contributed by atoms with Crippen molar-refractivity contribution in [2.45, 2.75) is 111 Å². The zero-order valence-electron chi connectivity index (χ0n) is 21.8. The maximum atomic E-state index is 11.0. The minimum Gasteiger partial charge on any atom is -0.394 e. The Bertz CT molecular complexity index is 737. The van der Waals surface area contributed by atoms with Crippen LogP contribution in [0.3, 0.4) is 0 Å². The molecule has 0 saturated carbocycles. The minimum atomic E-state index is -1.89. The van der Waals surface area contributed by atoms with Crippen LogP contribution in [0.4, 0.5) is 0 Å². The summed E-state index contributed by atoms with van der Waals surface area (Å²) in [5.74, 6) is 0. The molecule has 0 radical (unpaired) electrons. The molecule has 17 heteroatoms. The van der Waals surface area contributed by atoms with Crippen LogP contribution in [-0.2, 0) is 28.4 Å². The largest absolute Gasteiger partial charge is 0.394 e. The Morgan fingerprint density at radius 2 is 0.950 bits per heavy atom. The molecule has 12 N–H and O–H groups in total. The summed E-state index contributed by atoms with van der Waals surface area (Å²) in [6, 6.07) is 0. The average Bonchev–Trinajstić information content (AvgIpc) is 2.95. The lowest BCUT2D eigenvalue weighted by Gasteiger charge is -2.48. The van der Waals surface area contributed by atoms with Gasteiger partial charge in [-0.3, -0.25) is 0 Å². The maximum absolute atomic E-state index is 11.0. The Morgan fingerprint density at radius 3 is 1.45 bits per heavy atom. The van der Waals surface area contributed by atoms with Crippen LogP contribution < -0.4 is 5.73 Å². The van der Waals surface area contributed by atoms with E-state index in [0.717, 1.165) is 12.8 Å². The first-order valence-electron chi connectivity index (χ1n) is 13.3.